The number of aryl methyl sites for hydroxylation is 2. The largest absolute Gasteiger partial charge is 0.382 e. The van der Waals surface area contributed by atoms with Crippen LogP contribution in [0.4, 0.5) is 5.82 Å². The van der Waals surface area contributed by atoms with Gasteiger partial charge in [0, 0.05) is 18.0 Å². The topological polar surface area (TPSA) is 56.7 Å². The highest BCUT2D eigenvalue weighted by Crippen LogP contribution is 2.20. The van der Waals surface area contributed by atoms with Crippen LogP contribution in [0.25, 0.3) is 5.82 Å². The zero-order chi connectivity index (χ0) is 11.0. The van der Waals surface area contributed by atoms with E-state index in [9.17, 15) is 0 Å². The van der Waals surface area contributed by atoms with Gasteiger partial charge in [-0.3, -0.25) is 0 Å². The predicted octanol–water partition coefficient (Wildman–Crippen LogP) is 2.23. The number of nitrogens with zero attached hydrogens (tertiary/aromatic N) is 3. The van der Waals surface area contributed by atoms with Crippen LogP contribution in [0, 0.1) is 13.8 Å². The standard InChI is InChI=1S/C10H11BrN4/c1-6-3-8(11)10(13-4-6)15-5-7(2)9(12)14-15/h3-5H,1-2H3,(H2,12,14). The highest BCUT2D eigenvalue weighted by molar-refractivity contribution is 9.10. The average Bonchev–Trinajstić information content (AvgIpc) is 2.46. The second-order valence-electron chi connectivity index (χ2n) is 3.46. The number of hydrogen-bond donors (Lipinski definition) is 1. The van der Waals surface area contributed by atoms with Crippen molar-refractivity contribution in [3.05, 3.63) is 34.1 Å². The number of anilines is 1. The van der Waals surface area contributed by atoms with E-state index in [4.69, 9.17) is 5.73 Å². The third-order valence-corrected chi connectivity index (χ3v) is 2.69. The first-order chi connectivity index (χ1) is 7.08. The molecular weight excluding hydrogens is 256 g/mol. The molecule has 2 aromatic rings. The Kier molecular flexibility index (Phi) is 2.48. The molecule has 0 atom stereocenters. The van der Waals surface area contributed by atoms with Crippen LogP contribution in [0.5, 0.6) is 0 Å². The summed E-state index contributed by atoms with van der Waals surface area (Å²) in [5, 5.41) is 4.17. The lowest BCUT2D eigenvalue weighted by atomic mass is 10.3. The molecule has 5 heteroatoms. The maximum absolute atomic E-state index is 5.68. The molecule has 0 unspecified atom stereocenters. The molecule has 0 aliphatic rings. The Labute approximate surface area is 96.3 Å². The van der Waals surface area contributed by atoms with Crippen LogP contribution in [-0.4, -0.2) is 14.8 Å². The first kappa shape index (κ1) is 10.2. The van der Waals surface area contributed by atoms with Gasteiger partial charge in [-0.05, 0) is 41.4 Å². The molecule has 0 fully saturated rings. The smallest absolute Gasteiger partial charge is 0.167 e. The number of nitrogen functional groups attached to an aromatic ring is 1. The summed E-state index contributed by atoms with van der Waals surface area (Å²) < 4.78 is 2.58. The van der Waals surface area contributed by atoms with Gasteiger partial charge in [-0.1, -0.05) is 0 Å². The van der Waals surface area contributed by atoms with Crippen LogP contribution in [-0.2, 0) is 0 Å². The van der Waals surface area contributed by atoms with Gasteiger partial charge in [-0.15, -0.1) is 5.10 Å². The van der Waals surface area contributed by atoms with Crippen molar-refractivity contribution in [2.45, 2.75) is 13.8 Å². The lowest BCUT2D eigenvalue weighted by Gasteiger charge is -2.03. The average molecular weight is 267 g/mol. The third kappa shape index (κ3) is 1.87. The van der Waals surface area contributed by atoms with Gasteiger partial charge in [-0.25, -0.2) is 9.67 Å². The van der Waals surface area contributed by atoms with Gasteiger partial charge in [-0.2, -0.15) is 0 Å². The monoisotopic (exact) mass is 266 g/mol. The maximum atomic E-state index is 5.68. The molecule has 0 saturated heterocycles. The van der Waals surface area contributed by atoms with Crippen molar-refractivity contribution in [2.24, 2.45) is 0 Å². The maximum Gasteiger partial charge on any atom is 0.167 e. The number of halogens is 1. The van der Waals surface area contributed by atoms with Crippen molar-refractivity contribution < 1.29 is 0 Å². The first-order valence-electron chi connectivity index (χ1n) is 4.52. The van der Waals surface area contributed by atoms with Gasteiger partial charge < -0.3 is 5.73 Å². The van der Waals surface area contributed by atoms with Crippen LogP contribution in [0.2, 0.25) is 0 Å². The van der Waals surface area contributed by atoms with Gasteiger partial charge in [0.15, 0.2) is 5.82 Å². The van der Waals surface area contributed by atoms with Gasteiger partial charge in [0.2, 0.25) is 0 Å². The lowest BCUT2D eigenvalue weighted by Crippen LogP contribution is -2.00. The van der Waals surface area contributed by atoms with Crippen LogP contribution < -0.4 is 5.73 Å². The van der Waals surface area contributed by atoms with Gasteiger partial charge in [0.1, 0.15) is 5.82 Å². The van der Waals surface area contributed by atoms with Crippen molar-refractivity contribution >= 4 is 21.7 Å². The Morgan fingerprint density at radius 1 is 1.40 bits per heavy atom. The van der Waals surface area contributed by atoms with Crippen molar-refractivity contribution in [3.63, 3.8) is 0 Å². The summed E-state index contributed by atoms with van der Waals surface area (Å²) in [5.41, 5.74) is 7.73. The molecule has 0 saturated carbocycles. The molecule has 0 aliphatic carbocycles. The summed E-state index contributed by atoms with van der Waals surface area (Å²) in [6.07, 6.45) is 3.66. The highest BCUT2D eigenvalue weighted by atomic mass is 79.9. The molecule has 0 radical (unpaired) electrons. The van der Waals surface area contributed by atoms with E-state index in [1.165, 1.54) is 0 Å². The van der Waals surface area contributed by atoms with E-state index in [-0.39, 0.29) is 0 Å². The second kappa shape index (κ2) is 3.66. The molecule has 4 nitrogen and oxygen atoms in total. The van der Waals surface area contributed by atoms with E-state index in [0.29, 0.717) is 5.82 Å². The Morgan fingerprint density at radius 2 is 2.13 bits per heavy atom. The second-order valence-corrected chi connectivity index (χ2v) is 4.31. The molecule has 0 amide bonds. The summed E-state index contributed by atoms with van der Waals surface area (Å²) in [4.78, 5) is 4.30. The van der Waals surface area contributed by atoms with Gasteiger partial charge in [0.05, 0.1) is 4.47 Å². The SMILES string of the molecule is Cc1cnc(-n2cc(C)c(N)n2)c(Br)c1. The van der Waals surface area contributed by atoms with Crippen LogP contribution in [0.15, 0.2) is 22.9 Å². The van der Waals surface area contributed by atoms with Crippen molar-refractivity contribution in [3.8, 4) is 5.82 Å². The summed E-state index contributed by atoms with van der Waals surface area (Å²) >= 11 is 3.45. The number of aromatic nitrogens is 3. The Balaban J connectivity index is 2.54. The van der Waals surface area contributed by atoms with Gasteiger partial charge >= 0.3 is 0 Å². The number of hydrogen-bond acceptors (Lipinski definition) is 3. The normalized spacial score (nSPS) is 10.6. The first-order valence-corrected chi connectivity index (χ1v) is 5.31. The molecule has 2 aromatic heterocycles. The summed E-state index contributed by atoms with van der Waals surface area (Å²) in [6, 6.07) is 2.00. The number of pyridine rings is 1. The molecule has 2 rings (SSSR count). The van der Waals surface area contributed by atoms with E-state index in [1.807, 2.05) is 26.1 Å². The molecule has 15 heavy (non-hydrogen) atoms. The number of rotatable bonds is 1. The van der Waals surface area contributed by atoms with E-state index >= 15 is 0 Å². The minimum Gasteiger partial charge on any atom is -0.382 e. The van der Waals surface area contributed by atoms with E-state index < -0.39 is 0 Å². The molecule has 2 N–H and O–H groups in total. The molecule has 2 heterocycles. The fraction of sp³-hybridized carbons (Fsp3) is 0.200. The van der Waals surface area contributed by atoms with Crippen molar-refractivity contribution in [1.82, 2.24) is 14.8 Å². The van der Waals surface area contributed by atoms with E-state index in [1.54, 1.807) is 10.9 Å². The molecule has 78 valence electrons. The lowest BCUT2D eigenvalue weighted by molar-refractivity contribution is 0.844. The summed E-state index contributed by atoms with van der Waals surface area (Å²) in [6.45, 7) is 3.91. The Bertz CT molecular complexity index is 485. The zero-order valence-corrected chi connectivity index (χ0v) is 10.1. The molecule has 0 aliphatic heterocycles. The third-order valence-electron chi connectivity index (χ3n) is 2.11. The quantitative estimate of drug-likeness (QED) is 0.861. The highest BCUT2D eigenvalue weighted by Gasteiger charge is 2.07. The molecule has 0 bridgehead atoms. The minimum atomic E-state index is 0.532. The van der Waals surface area contributed by atoms with Crippen LogP contribution >= 0.6 is 15.9 Å². The van der Waals surface area contributed by atoms with E-state index in [2.05, 4.69) is 26.0 Å². The van der Waals surface area contributed by atoms with Crippen LogP contribution in [0.1, 0.15) is 11.1 Å². The molecule has 0 aromatic carbocycles. The Morgan fingerprint density at radius 3 is 2.67 bits per heavy atom. The Hall–Kier alpha value is -1.36. The van der Waals surface area contributed by atoms with Gasteiger partial charge in [0.25, 0.3) is 0 Å². The van der Waals surface area contributed by atoms with Crippen LogP contribution in [0.3, 0.4) is 0 Å². The molecular formula is C10H11BrN4. The number of nitrogens with two attached hydrogens (primary N) is 1. The predicted molar refractivity (Wildman–Crippen MR) is 62.9 cm³/mol. The van der Waals surface area contributed by atoms with E-state index in [0.717, 1.165) is 21.4 Å². The zero-order valence-electron chi connectivity index (χ0n) is 8.53. The van der Waals surface area contributed by atoms with Crippen molar-refractivity contribution in [1.29, 1.82) is 0 Å². The summed E-state index contributed by atoms with van der Waals surface area (Å²) in [7, 11) is 0. The summed E-state index contributed by atoms with van der Waals surface area (Å²) in [5.74, 6) is 1.28. The molecule has 0 spiro atoms. The fourth-order valence-electron chi connectivity index (χ4n) is 1.28. The minimum absolute atomic E-state index is 0.532. The fourth-order valence-corrected chi connectivity index (χ4v) is 1.92. The van der Waals surface area contributed by atoms with Crippen molar-refractivity contribution in [2.75, 3.05) is 5.73 Å².